The molecule has 0 bridgehead atoms. The fraction of sp³-hybridized carbons (Fsp3) is 0.462. The van der Waals surface area contributed by atoms with Crippen molar-refractivity contribution < 1.29 is 4.39 Å². The molecule has 1 fully saturated rings. The van der Waals surface area contributed by atoms with E-state index in [1.54, 1.807) is 0 Å². The van der Waals surface area contributed by atoms with Crippen molar-refractivity contribution in [1.82, 2.24) is 9.55 Å². The lowest BCUT2D eigenvalue weighted by molar-refractivity contribution is 0.420. The third kappa shape index (κ3) is 2.76. The summed E-state index contributed by atoms with van der Waals surface area (Å²) in [5.41, 5.74) is 1.76. The first kappa shape index (κ1) is 13.6. The van der Waals surface area contributed by atoms with Crippen molar-refractivity contribution in [1.29, 1.82) is 0 Å². The number of hydrogen-bond donors (Lipinski definition) is 1. The van der Waals surface area contributed by atoms with Gasteiger partial charge in [-0.1, -0.05) is 0 Å². The van der Waals surface area contributed by atoms with E-state index in [0.29, 0.717) is 15.2 Å². The van der Waals surface area contributed by atoms with Gasteiger partial charge >= 0.3 is 0 Å². The largest absolute Gasteiger partial charge is 0.330 e. The molecular weight excluding hydrogens is 347 g/mol. The van der Waals surface area contributed by atoms with Crippen LogP contribution in [0.3, 0.4) is 0 Å². The van der Waals surface area contributed by atoms with Crippen LogP contribution in [0.4, 0.5) is 4.39 Å². The summed E-state index contributed by atoms with van der Waals surface area (Å²) in [6.07, 6.45) is 2.48. The van der Waals surface area contributed by atoms with Crippen molar-refractivity contribution in [2.75, 3.05) is 11.5 Å². The van der Waals surface area contributed by atoms with Crippen LogP contribution in [0.5, 0.6) is 0 Å². The van der Waals surface area contributed by atoms with E-state index in [4.69, 9.17) is 12.2 Å². The predicted octanol–water partition coefficient (Wildman–Crippen LogP) is 4.74. The molecule has 1 aromatic carbocycles. The van der Waals surface area contributed by atoms with Gasteiger partial charge in [-0.05, 0) is 64.5 Å². The Kier molecular flexibility index (Phi) is 4.01. The number of hydrogen-bond acceptors (Lipinski definition) is 2. The summed E-state index contributed by atoms with van der Waals surface area (Å²) in [5, 5.41) is 0. The molecule has 2 nitrogen and oxygen atoms in total. The molecule has 2 heterocycles. The molecule has 0 saturated carbocycles. The first-order chi connectivity index (χ1) is 9.15. The first-order valence-electron chi connectivity index (χ1n) is 6.30. The molecule has 0 atom stereocenters. The molecule has 2 aromatic rings. The molecule has 0 amide bonds. The first-order valence-corrected chi connectivity index (χ1v) is 8.66. The Morgan fingerprint density at radius 1 is 1.42 bits per heavy atom. The lowest BCUT2D eigenvalue weighted by atomic mass is 10.0. The van der Waals surface area contributed by atoms with Gasteiger partial charge < -0.3 is 9.55 Å². The fourth-order valence-corrected chi connectivity index (χ4v) is 4.34. The molecular formula is C13H14BrFN2S2. The van der Waals surface area contributed by atoms with E-state index in [9.17, 15) is 4.39 Å². The lowest BCUT2D eigenvalue weighted by Crippen LogP contribution is -2.16. The zero-order valence-corrected chi connectivity index (χ0v) is 13.5. The Labute approximate surface area is 128 Å². The average molecular weight is 361 g/mol. The highest BCUT2D eigenvalue weighted by Gasteiger charge is 2.17. The maximum atomic E-state index is 13.5. The van der Waals surface area contributed by atoms with Crippen LogP contribution in [-0.2, 0) is 6.54 Å². The van der Waals surface area contributed by atoms with Crippen LogP contribution in [0, 0.1) is 16.5 Å². The number of H-pyrrole nitrogens is 1. The van der Waals surface area contributed by atoms with Gasteiger partial charge in [0.2, 0.25) is 0 Å². The number of aromatic amines is 1. The van der Waals surface area contributed by atoms with Crippen molar-refractivity contribution in [3.05, 3.63) is 27.2 Å². The quantitative estimate of drug-likeness (QED) is 0.780. The molecule has 6 heteroatoms. The van der Waals surface area contributed by atoms with Crippen LogP contribution in [0.2, 0.25) is 0 Å². The highest BCUT2D eigenvalue weighted by Crippen LogP contribution is 2.28. The summed E-state index contributed by atoms with van der Waals surface area (Å²) in [5.74, 6) is 2.89. The molecule has 1 aliphatic heterocycles. The van der Waals surface area contributed by atoms with Crippen molar-refractivity contribution in [3.8, 4) is 0 Å². The summed E-state index contributed by atoms with van der Waals surface area (Å²) in [6.45, 7) is 0.928. The molecule has 0 unspecified atom stereocenters. The predicted molar refractivity (Wildman–Crippen MR) is 84.8 cm³/mol. The third-order valence-corrected chi connectivity index (χ3v) is 5.58. The lowest BCUT2D eigenvalue weighted by Gasteiger charge is -2.21. The summed E-state index contributed by atoms with van der Waals surface area (Å²) in [4.78, 5) is 3.10. The van der Waals surface area contributed by atoms with Crippen molar-refractivity contribution in [2.24, 2.45) is 5.92 Å². The van der Waals surface area contributed by atoms with Gasteiger partial charge in [0.05, 0.1) is 15.5 Å². The Hall–Kier alpha value is -0.330. The van der Waals surface area contributed by atoms with Crippen LogP contribution < -0.4 is 0 Å². The number of thioether (sulfide) groups is 1. The number of halogens is 2. The Bertz CT molecular complexity index is 658. The topological polar surface area (TPSA) is 20.7 Å². The normalized spacial score (nSPS) is 17.2. The number of aromatic nitrogens is 2. The van der Waals surface area contributed by atoms with Crippen LogP contribution in [0.1, 0.15) is 12.8 Å². The number of rotatable bonds is 2. The Morgan fingerprint density at radius 3 is 2.89 bits per heavy atom. The molecule has 1 N–H and O–H groups in total. The van der Waals surface area contributed by atoms with Gasteiger partial charge in [0, 0.05) is 12.6 Å². The van der Waals surface area contributed by atoms with E-state index in [-0.39, 0.29) is 5.82 Å². The summed E-state index contributed by atoms with van der Waals surface area (Å²) in [6, 6.07) is 3.32. The molecule has 1 saturated heterocycles. The van der Waals surface area contributed by atoms with E-state index >= 15 is 0 Å². The molecule has 102 valence electrons. The van der Waals surface area contributed by atoms with Crippen LogP contribution in [0.15, 0.2) is 16.6 Å². The number of imidazole rings is 1. The monoisotopic (exact) mass is 360 g/mol. The number of benzene rings is 1. The molecule has 1 aromatic heterocycles. The minimum absolute atomic E-state index is 0.259. The second-order valence-corrected chi connectivity index (χ2v) is 7.35. The highest BCUT2D eigenvalue weighted by atomic mass is 79.9. The zero-order chi connectivity index (χ0) is 13.4. The van der Waals surface area contributed by atoms with E-state index in [2.05, 4.69) is 25.5 Å². The van der Waals surface area contributed by atoms with Crippen LogP contribution >= 0.6 is 39.9 Å². The maximum absolute atomic E-state index is 13.5. The Balaban J connectivity index is 2.00. The van der Waals surface area contributed by atoms with Crippen molar-refractivity contribution >= 4 is 50.9 Å². The van der Waals surface area contributed by atoms with Gasteiger partial charge in [-0.25, -0.2) is 4.39 Å². The van der Waals surface area contributed by atoms with E-state index in [1.807, 2.05) is 17.8 Å². The number of fused-ring (bicyclic) bond motifs is 1. The summed E-state index contributed by atoms with van der Waals surface area (Å²) in [7, 11) is 0. The molecule has 3 rings (SSSR count). The molecule has 0 aliphatic carbocycles. The van der Waals surface area contributed by atoms with Gasteiger partial charge in [0.15, 0.2) is 4.77 Å². The maximum Gasteiger partial charge on any atom is 0.178 e. The minimum atomic E-state index is -0.259. The van der Waals surface area contributed by atoms with Crippen molar-refractivity contribution in [3.63, 3.8) is 0 Å². The second-order valence-electron chi connectivity index (χ2n) is 4.88. The number of nitrogens with one attached hydrogen (secondary N) is 1. The van der Waals surface area contributed by atoms with E-state index in [0.717, 1.165) is 17.6 Å². The summed E-state index contributed by atoms with van der Waals surface area (Å²) >= 11 is 10.6. The average Bonchev–Trinajstić information content (AvgIpc) is 2.68. The molecule has 19 heavy (non-hydrogen) atoms. The van der Waals surface area contributed by atoms with Gasteiger partial charge in [-0.3, -0.25) is 0 Å². The van der Waals surface area contributed by atoms with Gasteiger partial charge in [0.25, 0.3) is 0 Å². The van der Waals surface area contributed by atoms with Gasteiger partial charge in [-0.15, -0.1) is 0 Å². The van der Waals surface area contributed by atoms with Gasteiger partial charge in [0.1, 0.15) is 5.82 Å². The molecule has 0 spiro atoms. The smallest absolute Gasteiger partial charge is 0.178 e. The van der Waals surface area contributed by atoms with Crippen molar-refractivity contribution in [2.45, 2.75) is 19.4 Å². The SMILES string of the molecule is Fc1cc2[nH]c(=S)n(CC3CCSCC3)c2cc1Br. The Morgan fingerprint density at radius 2 is 2.16 bits per heavy atom. The minimum Gasteiger partial charge on any atom is -0.330 e. The fourth-order valence-electron chi connectivity index (χ4n) is 2.52. The van der Waals surface area contributed by atoms with Gasteiger partial charge in [-0.2, -0.15) is 11.8 Å². The highest BCUT2D eigenvalue weighted by molar-refractivity contribution is 9.10. The standard InChI is InChI=1S/C13H14BrFN2S2/c14-9-5-12-11(6-10(9)15)16-13(18)17(12)7-8-1-3-19-4-2-8/h5-6,8H,1-4,7H2,(H,16,18). The van der Waals surface area contributed by atoms with Crippen LogP contribution in [0.25, 0.3) is 11.0 Å². The summed E-state index contributed by atoms with van der Waals surface area (Å²) < 4.78 is 16.8. The molecule has 1 aliphatic rings. The third-order valence-electron chi connectivity index (χ3n) is 3.60. The molecule has 0 radical (unpaired) electrons. The van der Waals surface area contributed by atoms with E-state index < -0.39 is 0 Å². The van der Waals surface area contributed by atoms with E-state index in [1.165, 1.54) is 30.4 Å². The van der Waals surface area contributed by atoms with Crippen LogP contribution in [-0.4, -0.2) is 21.1 Å². The second kappa shape index (κ2) is 5.58. The zero-order valence-electron chi connectivity index (χ0n) is 10.3. The number of nitrogens with zero attached hydrogens (tertiary/aromatic N) is 1.